The van der Waals surface area contributed by atoms with Crippen LogP contribution in [0, 0.1) is 0 Å². The molecular weight excluding hydrogens is 201 g/mol. The Kier molecular flexibility index (Phi) is 6.76. The molecule has 0 aromatic carbocycles. The van der Waals surface area contributed by atoms with Gasteiger partial charge in [0.1, 0.15) is 0 Å². The standard InChI is InChI=1S/C13H24NP/c1-3-5-7-9-12-11-14-15-13(12)10-8-6-4-2/h11,14H,3-10H2,1-2H3. The van der Waals surface area contributed by atoms with E-state index in [1.807, 2.05) is 0 Å². The molecule has 0 saturated heterocycles. The summed E-state index contributed by atoms with van der Waals surface area (Å²) >= 11 is 0. The number of aryl methyl sites for hydroxylation is 2. The predicted octanol–water partition coefficient (Wildman–Crippen LogP) is 5.06. The first-order chi connectivity index (χ1) is 7.38. The maximum Gasteiger partial charge on any atom is 0.0142 e. The third-order valence-electron chi connectivity index (χ3n) is 2.88. The van der Waals surface area contributed by atoms with Crippen LogP contribution in [0.3, 0.4) is 0 Å². The molecule has 0 radical (unpaired) electrons. The van der Waals surface area contributed by atoms with Crippen LogP contribution in [-0.4, -0.2) is 4.75 Å². The van der Waals surface area contributed by atoms with E-state index in [9.17, 15) is 0 Å². The summed E-state index contributed by atoms with van der Waals surface area (Å²) < 4.78 is 3.35. The Morgan fingerprint density at radius 3 is 2.33 bits per heavy atom. The summed E-state index contributed by atoms with van der Waals surface area (Å²) in [6, 6.07) is 0. The van der Waals surface area contributed by atoms with Gasteiger partial charge in [-0.2, -0.15) is 0 Å². The van der Waals surface area contributed by atoms with Gasteiger partial charge < -0.3 is 4.75 Å². The van der Waals surface area contributed by atoms with Crippen LogP contribution in [0.1, 0.15) is 63.2 Å². The topological polar surface area (TPSA) is 15.8 Å². The van der Waals surface area contributed by atoms with Gasteiger partial charge in [-0.25, -0.2) is 0 Å². The van der Waals surface area contributed by atoms with Crippen molar-refractivity contribution in [2.45, 2.75) is 65.2 Å². The molecule has 0 aliphatic heterocycles. The lowest BCUT2D eigenvalue weighted by Gasteiger charge is -2.02. The summed E-state index contributed by atoms with van der Waals surface area (Å²) in [7, 11) is 1.36. The summed E-state index contributed by atoms with van der Waals surface area (Å²) in [6.07, 6.45) is 12.9. The first-order valence-corrected chi connectivity index (χ1v) is 7.29. The van der Waals surface area contributed by atoms with Crippen LogP contribution in [-0.2, 0) is 12.8 Å². The Balaban J connectivity index is 2.32. The van der Waals surface area contributed by atoms with E-state index in [1.54, 1.807) is 10.9 Å². The van der Waals surface area contributed by atoms with Gasteiger partial charge in [0, 0.05) is 19.8 Å². The van der Waals surface area contributed by atoms with E-state index < -0.39 is 0 Å². The van der Waals surface area contributed by atoms with Crippen LogP contribution in [0.4, 0.5) is 0 Å². The second-order valence-corrected chi connectivity index (χ2v) is 5.29. The van der Waals surface area contributed by atoms with Gasteiger partial charge in [0.15, 0.2) is 0 Å². The zero-order valence-electron chi connectivity index (χ0n) is 10.2. The molecule has 0 saturated carbocycles. The lowest BCUT2D eigenvalue weighted by Crippen LogP contribution is -1.89. The van der Waals surface area contributed by atoms with Gasteiger partial charge in [0.05, 0.1) is 0 Å². The second kappa shape index (κ2) is 7.93. The Bertz CT molecular complexity index is 230. The largest absolute Gasteiger partial charge is 0.344 e. The highest BCUT2D eigenvalue weighted by molar-refractivity contribution is 7.26. The molecule has 1 aromatic rings. The second-order valence-electron chi connectivity index (χ2n) is 4.27. The molecule has 0 amide bonds. The third-order valence-corrected chi connectivity index (χ3v) is 3.91. The molecule has 0 atom stereocenters. The van der Waals surface area contributed by atoms with Crippen molar-refractivity contribution in [3.05, 3.63) is 17.1 Å². The molecule has 1 heterocycles. The van der Waals surface area contributed by atoms with Gasteiger partial charge in [-0.3, -0.25) is 0 Å². The summed E-state index contributed by atoms with van der Waals surface area (Å²) in [4.78, 5) is 0. The van der Waals surface area contributed by atoms with E-state index in [-0.39, 0.29) is 0 Å². The van der Waals surface area contributed by atoms with Crippen molar-refractivity contribution in [1.29, 1.82) is 0 Å². The van der Waals surface area contributed by atoms with Gasteiger partial charge in [0.25, 0.3) is 0 Å². The molecule has 0 spiro atoms. The maximum absolute atomic E-state index is 3.35. The lowest BCUT2D eigenvalue weighted by molar-refractivity contribution is 0.699. The van der Waals surface area contributed by atoms with E-state index >= 15 is 0 Å². The fourth-order valence-electron chi connectivity index (χ4n) is 1.88. The van der Waals surface area contributed by atoms with E-state index in [2.05, 4.69) is 24.8 Å². The molecule has 0 fully saturated rings. The number of unbranched alkanes of at least 4 members (excludes halogenated alkanes) is 4. The van der Waals surface area contributed by atoms with Crippen molar-refractivity contribution >= 4 is 8.35 Å². The molecule has 0 unspecified atom stereocenters. The molecule has 15 heavy (non-hydrogen) atoms. The highest BCUT2D eigenvalue weighted by Gasteiger charge is 2.03. The van der Waals surface area contributed by atoms with Crippen molar-refractivity contribution < 1.29 is 0 Å². The van der Waals surface area contributed by atoms with Gasteiger partial charge in [-0.05, 0) is 31.2 Å². The summed E-state index contributed by atoms with van der Waals surface area (Å²) in [6.45, 7) is 4.54. The average Bonchev–Trinajstić information content (AvgIpc) is 2.67. The monoisotopic (exact) mass is 225 g/mol. The van der Waals surface area contributed by atoms with Crippen molar-refractivity contribution in [2.75, 3.05) is 0 Å². The van der Waals surface area contributed by atoms with E-state index in [0.29, 0.717) is 0 Å². The summed E-state index contributed by atoms with van der Waals surface area (Å²) in [5.41, 5.74) is 1.60. The Morgan fingerprint density at radius 1 is 1.00 bits per heavy atom. The van der Waals surface area contributed by atoms with Gasteiger partial charge in [-0.1, -0.05) is 39.5 Å². The molecule has 1 rings (SSSR count). The lowest BCUT2D eigenvalue weighted by atomic mass is 10.1. The van der Waals surface area contributed by atoms with Crippen molar-refractivity contribution in [1.82, 2.24) is 4.75 Å². The van der Waals surface area contributed by atoms with Gasteiger partial charge in [-0.15, -0.1) is 0 Å². The summed E-state index contributed by atoms with van der Waals surface area (Å²) in [5, 5.41) is 1.65. The maximum atomic E-state index is 3.35. The fourth-order valence-corrected chi connectivity index (χ4v) is 2.85. The molecule has 1 aromatic heterocycles. The van der Waals surface area contributed by atoms with Crippen LogP contribution in [0.25, 0.3) is 0 Å². The molecule has 0 aliphatic rings. The Hall–Kier alpha value is -0.290. The van der Waals surface area contributed by atoms with Gasteiger partial charge in [0.2, 0.25) is 0 Å². The molecular formula is C13H24NP. The molecule has 1 nitrogen and oxygen atoms in total. The van der Waals surface area contributed by atoms with Crippen LogP contribution in [0.2, 0.25) is 0 Å². The number of rotatable bonds is 8. The van der Waals surface area contributed by atoms with Crippen LogP contribution < -0.4 is 0 Å². The molecule has 0 bridgehead atoms. The average molecular weight is 225 g/mol. The fraction of sp³-hybridized carbons (Fsp3) is 0.769. The zero-order valence-corrected chi connectivity index (χ0v) is 11.1. The number of H-pyrrole nitrogens is 1. The number of hydrogen-bond donors (Lipinski definition) is 1. The Labute approximate surface area is 95.8 Å². The zero-order chi connectivity index (χ0) is 10.9. The molecule has 2 heteroatoms. The summed E-state index contributed by atoms with van der Waals surface area (Å²) in [5.74, 6) is 0. The van der Waals surface area contributed by atoms with Crippen molar-refractivity contribution in [2.24, 2.45) is 0 Å². The quantitative estimate of drug-likeness (QED) is 0.595. The highest BCUT2D eigenvalue weighted by Crippen LogP contribution is 2.22. The third kappa shape index (κ3) is 4.84. The minimum atomic E-state index is 1.29. The molecule has 0 aliphatic carbocycles. The van der Waals surface area contributed by atoms with E-state index in [1.165, 1.54) is 59.7 Å². The van der Waals surface area contributed by atoms with Crippen LogP contribution in [0.15, 0.2) is 6.20 Å². The SMILES string of the molecule is CCCCCc1c[nH]pc1CCCCC. The Morgan fingerprint density at radius 2 is 1.67 bits per heavy atom. The van der Waals surface area contributed by atoms with Gasteiger partial charge >= 0.3 is 0 Å². The minimum absolute atomic E-state index is 1.29. The number of aromatic nitrogens is 1. The van der Waals surface area contributed by atoms with Crippen LogP contribution in [0.5, 0.6) is 0 Å². The highest BCUT2D eigenvalue weighted by atomic mass is 31.0. The smallest absolute Gasteiger partial charge is 0.0142 e. The predicted molar refractivity (Wildman–Crippen MR) is 69.8 cm³/mol. The van der Waals surface area contributed by atoms with E-state index in [4.69, 9.17) is 0 Å². The van der Waals surface area contributed by atoms with Crippen molar-refractivity contribution in [3.8, 4) is 0 Å². The number of nitrogens with one attached hydrogen (secondary N) is 1. The van der Waals surface area contributed by atoms with Crippen LogP contribution >= 0.6 is 8.35 Å². The first-order valence-electron chi connectivity index (χ1n) is 6.40. The minimum Gasteiger partial charge on any atom is -0.344 e. The molecule has 1 N–H and O–H groups in total. The number of aromatic amines is 1. The molecule has 86 valence electrons. The number of hydrogen-bond acceptors (Lipinski definition) is 0. The normalized spacial score (nSPS) is 11.3. The van der Waals surface area contributed by atoms with Crippen molar-refractivity contribution in [3.63, 3.8) is 0 Å². The van der Waals surface area contributed by atoms with E-state index in [0.717, 1.165) is 0 Å². The first kappa shape index (κ1) is 12.8.